The quantitative estimate of drug-likeness (QED) is 0.533. The number of carbonyl (C=O) groups excluding carboxylic acids is 1. The molecule has 0 fully saturated rings. The van der Waals surface area contributed by atoms with Gasteiger partial charge >= 0.3 is 0 Å². The van der Waals surface area contributed by atoms with E-state index in [1.54, 1.807) is 0 Å². The molecule has 3 rings (SSSR count). The largest absolute Gasteiger partial charge is 0.485 e. The van der Waals surface area contributed by atoms with Crippen LogP contribution in [0.25, 0.3) is 0 Å². The molecule has 29 heavy (non-hydrogen) atoms. The van der Waals surface area contributed by atoms with Gasteiger partial charge in [-0.25, -0.2) is 4.98 Å². The molecular formula is C20H25N5O2S2. The van der Waals surface area contributed by atoms with E-state index in [2.05, 4.69) is 26.6 Å². The van der Waals surface area contributed by atoms with E-state index in [9.17, 15) is 4.79 Å². The first-order chi connectivity index (χ1) is 13.9. The number of benzene rings is 1. The van der Waals surface area contributed by atoms with Gasteiger partial charge < -0.3 is 14.6 Å². The van der Waals surface area contributed by atoms with E-state index in [4.69, 9.17) is 4.74 Å². The number of rotatable bonds is 8. The second kappa shape index (κ2) is 9.41. The summed E-state index contributed by atoms with van der Waals surface area (Å²) in [5.74, 6) is 1.47. The number of thiazole rings is 1. The summed E-state index contributed by atoms with van der Waals surface area (Å²) in [6, 6.07) is 6.12. The van der Waals surface area contributed by atoms with Crippen LogP contribution in [-0.4, -0.2) is 30.9 Å². The maximum atomic E-state index is 12.5. The number of hydrogen-bond donors (Lipinski definition) is 1. The standard InChI is InChI=1S/C20H25N5O2S2/c1-6-25-17(10-27-16-9-12(2)7-8-13(16)3)23-24-20(25)29-15(5)18(26)22-19-21-14(4)11-28-19/h7-9,11,15H,6,10H2,1-5H3,(H,21,22,26). The highest BCUT2D eigenvalue weighted by Gasteiger charge is 2.21. The van der Waals surface area contributed by atoms with Gasteiger partial charge in [-0.05, 0) is 51.8 Å². The Morgan fingerprint density at radius 3 is 2.79 bits per heavy atom. The smallest absolute Gasteiger partial charge is 0.239 e. The molecule has 1 aromatic carbocycles. The molecular weight excluding hydrogens is 406 g/mol. The molecule has 0 aliphatic carbocycles. The van der Waals surface area contributed by atoms with E-state index in [0.29, 0.717) is 23.4 Å². The lowest BCUT2D eigenvalue weighted by molar-refractivity contribution is -0.115. The topological polar surface area (TPSA) is 81.9 Å². The summed E-state index contributed by atoms with van der Waals surface area (Å²) in [7, 11) is 0. The Labute approximate surface area is 178 Å². The lowest BCUT2D eigenvalue weighted by atomic mass is 10.1. The van der Waals surface area contributed by atoms with Gasteiger partial charge in [0, 0.05) is 11.9 Å². The fourth-order valence-corrected chi connectivity index (χ4v) is 4.29. The van der Waals surface area contributed by atoms with Crippen LogP contribution < -0.4 is 10.1 Å². The summed E-state index contributed by atoms with van der Waals surface area (Å²) in [5, 5.41) is 14.3. The highest BCUT2D eigenvalue weighted by molar-refractivity contribution is 8.00. The van der Waals surface area contributed by atoms with Crippen molar-refractivity contribution in [1.29, 1.82) is 0 Å². The van der Waals surface area contributed by atoms with Crippen LogP contribution in [0.5, 0.6) is 5.75 Å². The van der Waals surface area contributed by atoms with Crippen molar-refractivity contribution in [2.45, 2.75) is 58.2 Å². The van der Waals surface area contributed by atoms with Crippen LogP contribution in [0.2, 0.25) is 0 Å². The number of carbonyl (C=O) groups is 1. The second-order valence-electron chi connectivity index (χ2n) is 6.74. The summed E-state index contributed by atoms with van der Waals surface area (Å²) in [6.07, 6.45) is 0. The van der Waals surface area contributed by atoms with Gasteiger partial charge in [0.15, 0.2) is 16.1 Å². The number of aromatic nitrogens is 4. The van der Waals surface area contributed by atoms with Gasteiger partial charge in [-0.1, -0.05) is 23.9 Å². The van der Waals surface area contributed by atoms with Crippen molar-refractivity contribution in [2.24, 2.45) is 0 Å². The Balaban J connectivity index is 1.65. The summed E-state index contributed by atoms with van der Waals surface area (Å²) >= 11 is 2.79. The van der Waals surface area contributed by atoms with Gasteiger partial charge in [-0.15, -0.1) is 21.5 Å². The van der Waals surface area contributed by atoms with Crippen molar-refractivity contribution < 1.29 is 9.53 Å². The minimum Gasteiger partial charge on any atom is -0.485 e. The minimum atomic E-state index is -0.332. The Morgan fingerprint density at radius 2 is 2.10 bits per heavy atom. The third kappa shape index (κ3) is 5.36. The van der Waals surface area contributed by atoms with E-state index >= 15 is 0 Å². The summed E-state index contributed by atoms with van der Waals surface area (Å²) in [5.41, 5.74) is 3.12. The average Bonchev–Trinajstić information content (AvgIpc) is 3.27. The van der Waals surface area contributed by atoms with Crippen molar-refractivity contribution >= 4 is 34.1 Å². The molecule has 0 radical (unpaired) electrons. The van der Waals surface area contributed by atoms with E-state index in [0.717, 1.165) is 28.4 Å². The monoisotopic (exact) mass is 431 g/mol. The highest BCUT2D eigenvalue weighted by Crippen LogP contribution is 2.25. The van der Waals surface area contributed by atoms with E-state index in [-0.39, 0.29) is 11.2 Å². The number of anilines is 1. The zero-order chi connectivity index (χ0) is 21.0. The molecule has 0 bridgehead atoms. The number of nitrogens with zero attached hydrogens (tertiary/aromatic N) is 4. The molecule has 1 atom stereocenters. The molecule has 2 heterocycles. The van der Waals surface area contributed by atoms with Crippen LogP contribution in [0.3, 0.4) is 0 Å². The first-order valence-corrected chi connectivity index (χ1v) is 11.1. The van der Waals surface area contributed by atoms with Gasteiger partial charge in [-0.3, -0.25) is 4.79 Å². The van der Waals surface area contributed by atoms with Gasteiger partial charge in [-0.2, -0.15) is 0 Å². The molecule has 1 N–H and O–H groups in total. The zero-order valence-electron chi connectivity index (χ0n) is 17.2. The predicted molar refractivity (Wildman–Crippen MR) is 117 cm³/mol. The Hall–Kier alpha value is -2.39. The molecule has 154 valence electrons. The minimum absolute atomic E-state index is 0.108. The summed E-state index contributed by atoms with van der Waals surface area (Å²) in [4.78, 5) is 16.7. The molecule has 0 spiro atoms. The van der Waals surface area contributed by atoms with Crippen LogP contribution in [0.4, 0.5) is 5.13 Å². The van der Waals surface area contributed by atoms with Crippen molar-refractivity contribution in [2.75, 3.05) is 5.32 Å². The fourth-order valence-electron chi connectivity index (χ4n) is 2.67. The number of nitrogens with one attached hydrogen (secondary N) is 1. The van der Waals surface area contributed by atoms with Crippen molar-refractivity contribution in [3.63, 3.8) is 0 Å². The molecule has 7 nitrogen and oxygen atoms in total. The maximum Gasteiger partial charge on any atom is 0.239 e. The highest BCUT2D eigenvalue weighted by atomic mass is 32.2. The van der Waals surface area contributed by atoms with Crippen molar-refractivity contribution in [1.82, 2.24) is 19.7 Å². The van der Waals surface area contributed by atoms with E-state index in [1.165, 1.54) is 23.1 Å². The Bertz CT molecular complexity index is 999. The number of aryl methyl sites for hydroxylation is 3. The average molecular weight is 432 g/mol. The molecule has 1 unspecified atom stereocenters. The zero-order valence-corrected chi connectivity index (χ0v) is 18.9. The van der Waals surface area contributed by atoms with Crippen molar-refractivity contribution in [3.05, 3.63) is 46.2 Å². The maximum absolute atomic E-state index is 12.5. The van der Waals surface area contributed by atoms with Gasteiger partial charge in [0.05, 0.1) is 10.9 Å². The van der Waals surface area contributed by atoms with Gasteiger partial charge in [0.2, 0.25) is 5.91 Å². The van der Waals surface area contributed by atoms with Crippen LogP contribution in [-0.2, 0) is 17.9 Å². The lowest BCUT2D eigenvalue weighted by Gasteiger charge is -2.13. The summed E-state index contributed by atoms with van der Waals surface area (Å²) in [6.45, 7) is 10.8. The van der Waals surface area contributed by atoms with Crippen molar-refractivity contribution in [3.8, 4) is 5.75 Å². The van der Waals surface area contributed by atoms with Crippen LogP contribution >= 0.6 is 23.1 Å². The van der Waals surface area contributed by atoms with Crippen LogP contribution in [0.1, 0.15) is 36.5 Å². The first-order valence-electron chi connectivity index (χ1n) is 9.39. The molecule has 0 aliphatic heterocycles. The number of ether oxygens (including phenoxy) is 1. The van der Waals surface area contributed by atoms with E-state index < -0.39 is 0 Å². The van der Waals surface area contributed by atoms with Crippen LogP contribution in [0.15, 0.2) is 28.7 Å². The first kappa shape index (κ1) is 21.3. The number of thioether (sulfide) groups is 1. The molecule has 3 aromatic rings. The SMILES string of the molecule is CCn1c(COc2cc(C)ccc2C)nnc1SC(C)C(=O)Nc1nc(C)cs1. The van der Waals surface area contributed by atoms with E-state index in [1.807, 2.05) is 56.7 Å². The molecule has 2 aromatic heterocycles. The molecule has 0 saturated carbocycles. The van der Waals surface area contributed by atoms with Gasteiger partial charge in [0.25, 0.3) is 0 Å². The number of hydrogen-bond acceptors (Lipinski definition) is 7. The van der Waals surface area contributed by atoms with Gasteiger partial charge in [0.1, 0.15) is 12.4 Å². The predicted octanol–water partition coefficient (Wildman–Crippen LogP) is 4.38. The fraction of sp³-hybridized carbons (Fsp3) is 0.400. The molecule has 1 amide bonds. The molecule has 0 aliphatic rings. The normalized spacial score (nSPS) is 12.0. The molecule has 0 saturated heterocycles. The Kier molecular flexibility index (Phi) is 6.92. The lowest BCUT2D eigenvalue weighted by Crippen LogP contribution is -2.23. The van der Waals surface area contributed by atoms with Crippen LogP contribution in [0, 0.1) is 20.8 Å². The third-order valence-corrected chi connectivity index (χ3v) is 6.27. The third-order valence-electron chi connectivity index (χ3n) is 4.31. The number of amides is 1. The molecule has 9 heteroatoms. The summed E-state index contributed by atoms with van der Waals surface area (Å²) < 4.78 is 7.95. The Morgan fingerprint density at radius 1 is 1.31 bits per heavy atom. The second-order valence-corrected chi connectivity index (χ2v) is 8.91.